The Morgan fingerprint density at radius 1 is 1.30 bits per heavy atom. The fourth-order valence-electron chi connectivity index (χ4n) is 2.70. The van der Waals surface area contributed by atoms with Crippen LogP contribution in [0.1, 0.15) is 24.0 Å². The van der Waals surface area contributed by atoms with Crippen molar-refractivity contribution in [1.29, 1.82) is 0 Å². The lowest BCUT2D eigenvalue weighted by Gasteiger charge is -2.19. The zero-order valence-electron chi connectivity index (χ0n) is 12.5. The van der Waals surface area contributed by atoms with Crippen molar-refractivity contribution >= 4 is 11.6 Å². The molecule has 1 saturated heterocycles. The standard InChI is InChI=1S/C16H25ClN2O/c1-13-11-16(20-2)14(12-15(13)17)5-3-8-19-9-4-6-18-7-10-19/h11-12,18H,3-10H2,1-2H3. The lowest BCUT2D eigenvalue weighted by Crippen LogP contribution is -2.29. The lowest BCUT2D eigenvalue weighted by atomic mass is 10.1. The van der Waals surface area contributed by atoms with Gasteiger partial charge in [0.15, 0.2) is 0 Å². The van der Waals surface area contributed by atoms with E-state index in [1.54, 1.807) is 7.11 Å². The Morgan fingerprint density at radius 3 is 2.95 bits per heavy atom. The second kappa shape index (κ2) is 7.87. The Hall–Kier alpha value is -0.770. The number of hydrogen-bond donors (Lipinski definition) is 1. The first-order chi connectivity index (χ1) is 9.70. The molecule has 0 spiro atoms. The molecule has 1 aromatic rings. The molecule has 0 unspecified atom stereocenters. The molecule has 0 bridgehead atoms. The van der Waals surface area contributed by atoms with E-state index in [2.05, 4.69) is 16.3 Å². The highest BCUT2D eigenvalue weighted by atomic mass is 35.5. The van der Waals surface area contributed by atoms with Gasteiger partial charge >= 0.3 is 0 Å². The number of halogens is 1. The number of nitrogens with one attached hydrogen (secondary N) is 1. The summed E-state index contributed by atoms with van der Waals surface area (Å²) in [6.07, 6.45) is 3.42. The Morgan fingerprint density at radius 2 is 2.15 bits per heavy atom. The number of rotatable bonds is 5. The topological polar surface area (TPSA) is 24.5 Å². The number of hydrogen-bond acceptors (Lipinski definition) is 3. The SMILES string of the molecule is COc1cc(C)c(Cl)cc1CCCN1CCCNCC1. The predicted molar refractivity (Wildman–Crippen MR) is 85.0 cm³/mol. The van der Waals surface area contributed by atoms with E-state index in [1.807, 2.05) is 13.0 Å². The van der Waals surface area contributed by atoms with Gasteiger partial charge < -0.3 is 15.0 Å². The van der Waals surface area contributed by atoms with Gasteiger partial charge in [-0.3, -0.25) is 0 Å². The van der Waals surface area contributed by atoms with Crippen LogP contribution in [0.15, 0.2) is 12.1 Å². The first kappa shape index (κ1) is 15.6. The molecule has 0 aliphatic carbocycles. The zero-order chi connectivity index (χ0) is 14.4. The third kappa shape index (κ3) is 4.37. The molecule has 0 aromatic heterocycles. The van der Waals surface area contributed by atoms with Gasteiger partial charge in [0.2, 0.25) is 0 Å². The summed E-state index contributed by atoms with van der Waals surface area (Å²) in [4.78, 5) is 2.54. The van der Waals surface area contributed by atoms with Crippen LogP contribution in [0.3, 0.4) is 0 Å². The Bertz CT molecular complexity index is 429. The second-order valence-electron chi connectivity index (χ2n) is 5.46. The number of benzene rings is 1. The predicted octanol–water partition coefficient (Wildman–Crippen LogP) is 2.88. The summed E-state index contributed by atoms with van der Waals surface area (Å²) in [5, 5.41) is 4.27. The van der Waals surface area contributed by atoms with Crippen LogP contribution in [0.25, 0.3) is 0 Å². The minimum Gasteiger partial charge on any atom is -0.496 e. The van der Waals surface area contributed by atoms with E-state index in [-0.39, 0.29) is 0 Å². The van der Waals surface area contributed by atoms with Crippen molar-refractivity contribution in [3.63, 3.8) is 0 Å². The molecule has 1 fully saturated rings. The molecule has 1 heterocycles. The van der Waals surface area contributed by atoms with E-state index >= 15 is 0 Å². The van der Waals surface area contributed by atoms with Crippen molar-refractivity contribution in [2.24, 2.45) is 0 Å². The maximum absolute atomic E-state index is 6.22. The molecule has 1 aromatic carbocycles. The van der Waals surface area contributed by atoms with Crippen LogP contribution in [0.4, 0.5) is 0 Å². The van der Waals surface area contributed by atoms with Gasteiger partial charge in [-0.05, 0) is 69.1 Å². The maximum atomic E-state index is 6.22. The molecule has 4 heteroatoms. The molecule has 0 amide bonds. The Kier molecular flexibility index (Phi) is 6.14. The van der Waals surface area contributed by atoms with E-state index < -0.39 is 0 Å². The third-order valence-corrected chi connectivity index (χ3v) is 4.32. The van der Waals surface area contributed by atoms with Crippen LogP contribution in [0, 0.1) is 6.92 Å². The molecule has 112 valence electrons. The van der Waals surface area contributed by atoms with E-state index in [9.17, 15) is 0 Å². The average molecular weight is 297 g/mol. The van der Waals surface area contributed by atoms with E-state index in [1.165, 1.54) is 18.5 Å². The van der Waals surface area contributed by atoms with Crippen LogP contribution in [-0.4, -0.2) is 44.7 Å². The zero-order valence-corrected chi connectivity index (χ0v) is 13.3. The molecule has 1 aliphatic rings. The first-order valence-electron chi connectivity index (χ1n) is 7.47. The van der Waals surface area contributed by atoms with Gasteiger partial charge in [0, 0.05) is 18.1 Å². The number of aryl methyl sites for hydroxylation is 2. The Balaban J connectivity index is 1.88. The summed E-state index contributed by atoms with van der Waals surface area (Å²) in [7, 11) is 1.73. The fourth-order valence-corrected chi connectivity index (χ4v) is 2.89. The molecule has 2 rings (SSSR count). The van der Waals surface area contributed by atoms with E-state index in [0.29, 0.717) is 0 Å². The highest BCUT2D eigenvalue weighted by Gasteiger charge is 2.10. The van der Waals surface area contributed by atoms with Crippen molar-refractivity contribution in [2.75, 3.05) is 39.8 Å². The van der Waals surface area contributed by atoms with Gasteiger partial charge in [-0.2, -0.15) is 0 Å². The summed E-state index contributed by atoms with van der Waals surface area (Å²) in [6.45, 7) is 7.79. The molecular formula is C16H25ClN2O. The molecule has 1 N–H and O–H groups in total. The molecule has 0 atom stereocenters. The van der Waals surface area contributed by atoms with Crippen molar-refractivity contribution in [1.82, 2.24) is 10.2 Å². The number of nitrogens with zero attached hydrogens (tertiary/aromatic N) is 1. The third-order valence-electron chi connectivity index (χ3n) is 3.91. The first-order valence-corrected chi connectivity index (χ1v) is 7.84. The average Bonchev–Trinajstić information content (AvgIpc) is 2.71. The highest BCUT2D eigenvalue weighted by molar-refractivity contribution is 6.31. The van der Waals surface area contributed by atoms with E-state index in [0.717, 1.165) is 55.4 Å². The minimum atomic E-state index is 0.833. The van der Waals surface area contributed by atoms with E-state index in [4.69, 9.17) is 16.3 Å². The van der Waals surface area contributed by atoms with Gasteiger partial charge in [-0.1, -0.05) is 11.6 Å². The van der Waals surface area contributed by atoms with Gasteiger partial charge in [0.1, 0.15) is 5.75 Å². The van der Waals surface area contributed by atoms with Crippen LogP contribution in [0.5, 0.6) is 5.75 Å². The van der Waals surface area contributed by atoms with Crippen LogP contribution < -0.4 is 10.1 Å². The molecule has 0 radical (unpaired) electrons. The van der Waals surface area contributed by atoms with Crippen molar-refractivity contribution in [3.05, 3.63) is 28.3 Å². The monoisotopic (exact) mass is 296 g/mol. The smallest absolute Gasteiger partial charge is 0.122 e. The van der Waals surface area contributed by atoms with Crippen LogP contribution >= 0.6 is 11.6 Å². The molecule has 20 heavy (non-hydrogen) atoms. The van der Waals surface area contributed by atoms with Gasteiger partial charge in [-0.25, -0.2) is 0 Å². The molecule has 3 nitrogen and oxygen atoms in total. The Labute approximate surface area is 127 Å². The molecule has 0 saturated carbocycles. The summed E-state index contributed by atoms with van der Waals surface area (Å²) < 4.78 is 5.46. The number of methoxy groups -OCH3 is 1. The normalized spacial score (nSPS) is 16.9. The van der Waals surface area contributed by atoms with Crippen molar-refractivity contribution < 1.29 is 4.74 Å². The highest BCUT2D eigenvalue weighted by Crippen LogP contribution is 2.27. The fraction of sp³-hybridized carbons (Fsp3) is 0.625. The van der Waals surface area contributed by atoms with Gasteiger partial charge in [0.05, 0.1) is 7.11 Å². The quantitative estimate of drug-likeness (QED) is 0.904. The minimum absolute atomic E-state index is 0.833. The van der Waals surface area contributed by atoms with Gasteiger partial charge in [-0.15, -0.1) is 0 Å². The van der Waals surface area contributed by atoms with Crippen molar-refractivity contribution in [2.45, 2.75) is 26.2 Å². The summed E-state index contributed by atoms with van der Waals surface area (Å²) in [5.41, 5.74) is 2.29. The van der Waals surface area contributed by atoms with Crippen LogP contribution in [0.2, 0.25) is 5.02 Å². The summed E-state index contributed by atoms with van der Waals surface area (Å²) >= 11 is 6.22. The lowest BCUT2D eigenvalue weighted by molar-refractivity contribution is 0.288. The molecule has 1 aliphatic heterocycles. The second-order valence-corrected chi connectivity index (χ2v) is 5.87. The molecular weight excluding hydrogens is 272 g/mol. The van der Waals surface area contributed by atoms with Crippen LogP contribution in [-0.2, 0) is 6.42 Å². The summed E-state index contributed by atoms with van der Waals surface area (Å²) in [5.74, 6) is 0.962. The maximum Gasteiger partial charge on any atom is 0.122 e. The summed E-state index contributed by atoms with van der Waals surface area (Å²) in [6, 6.07) is 4.09. The van der Waals surface area contributed by atoms with Gasteiger partial charge in [0.25, 0.3) is 0 Å². The number of ether oxygens (including phenoxy) is 1. The largest absolute Gasteiger partial charge is 0.496 e. The van der Waals surface area contributed by atoms with Crippen molar-refractivity contribution in [3.8, 4) is 5.75 Å².